The van der Waals surface area contributed by atoms with Crippen molar-refractivity contribution in [3.63, 3.8) is 0 Å². The predicted octanol–water partition coefficient (Wildman–Crippen LogP) is 3.54. The van der Waals surface area contributed by atoms with Crippen LogP contribution in [0.4, 0.5) is 5.13 Å². The van der Waals surface area contributed by atoms with Gasteiger partial charge in [0, 0.05) is 23.7 Å². The molecule has 0 aliphatic carbocycles. The molecule has 0 unspecified atom stereocenters. The number of thiazole rings is 1. The number of aromatic nitrogens is 4. The highest BCUT2D eigenvalue weighted by Gasteiger charge is 2.20. The number of nitrogens with zero attached hydrogens (tertiary/aromatic N) is 4. The first-order valence-corrected chi connectivity index (χ1v) is 9.30. The minimum atomic E-state index is -0.299. The van der Waals surface area contributed by atoms with Crippen LogP contribution in [0.15, 0.2) is 47.1 Å². The van der Waals surface area contributed by atoms with Gasteiger partial charge >= 0.3 is 0 Å². The number of rotatable bonds is 6. The fourth-order valence-corrected chi connectivity index (χ4v) is 3.61. The third kappa shape index (κ3) is 3.65. The number of anilines is 1. The molecule has 0 spiro atoms. The van der Waals surface area contributed by atoms with Crippen molar-refractivity contribution in [2.24, 2.45) is 0 Å². The minimum absolute atomic E-state index is 0.0955. The van der Waals surface area contributed by atoms with Gasteiger partial charge < -0.3 is 9.88 Å². The Hall–Kier alpha value is -2.19. The summed E-state index contributed by atoms with van der Waals surface area (Å²) in [6.07, 6.45) is 1.66. The quantitative estimate of drug-likeness (QED) is 0.682. The number of nitrogens with one attached hydrogen (secondary N) is 1. The Morgan fingerprint density at radius 3 is 2.79 bits per heavy atom. The fraction of sp³-hybridized carbons (Fsp3) is 0.250. The number of carbonyl (C=O) groups is 1. The number of thioether (sulfide) groups is 1. The summed E-state index contributed by atoms with van der Waals surface area (Å²) in [5.74, 6) is 0.718. The molecule has 1 amide bonds. The van der Waals surface area contributed by atoms with Crippen molar-refractivity contribution in [1.29, 1.82) is 0 Å². The molecular formula is C16H17N5OS2. The molecule has 0 bridgehead atoms. The second-order valence-corrected chi connectivity index (χ2v) is 7.21. The lowest BCUT2D eigenvalue weighted by Crippen LogP contribution is -2.22. The normalized spacial score (nSPS) is 12.1. The van der Waals surface area contributed by atoms with Gasteiger partial charge in [0.2, 0.25) is 5.91 Å². The van der Waals surface area contributed by atoms with E-state index in [4.69, 9.17) is 0 Å². The van der Waals surface area contributed by atoms with Crippen LogP contribution in [0.2, 0.25) is 0 Å². The van der Waals surface area contributed by atoms with E-state index in [-0.39, 0.29) is 11.2 Å². The van der Waals surface area contributed by atoms with Gasteiger partial charge in [-0.05, 0) is 13.8 Å². The smallest absolute Gasteiger partial charge is 0.239 e. The maximum absolute atomic E-state index is 12.3. The second-order valence-electron chi connectivity index (χ2n) is 5.00. The number of hydrogen-bond acceptors (Lipinski definition) is 6. The van der Waals surface area contributed by atoms with Crippen molar-refractivity contribution in [3.05, 3.63) is 41.9 Å². The lowest BCUT2D eigenvalue weighted by atomic mass is 10.2. The first kappa shape index (κ1) is 16.7. The van der Waals surface area contributed by atoms with Gasteiger partial charge in [-0.25, -0.2) is 4.98 Å². The van der Waals surface area contributed by atoms with Crippen molar-refractivity contribution < 1.29 is 4.79 Å². The molecule has 3 aromatic rings. The highest BCUT2D eigenvalue weighted by atomic mass is 32.2. The molecule has 6 nitrogen and oxygen atoms in total. The summed E-state index contributed by atoms with van der Waals surface area (Å²) >= 11 is 2.79. The maximum atomic E-state index is 12.3. The van der Waals surface area contributed by atoms with Gasteiger partial charge in [0.25, 0.3) is 0 Å². The molecule has 2 aromatic heterocycles. The van der Waals surface area contributed by atoms with Crippen molar-refractivity contribution in [1.82, 2.24) is 19.7 Å². The summed E-state index contributed by atoms with van der Waals surface area (Å²) in [7, 11) is 0. The van der Waals surface area contributed by atoms with Crippen molar-refractivity contribution in [3.8, 4) is 11.4 Å². The highest BCUT2D eigenvalue weighted by Crippen LogP contribution is 2.27. The van der Waals surface area contributed by atoms with E-state index in [1.165, 1.54) is 23.1 Å². The van der Waals surface area contributed by atoms with Gasteiger partial charge in [-0.15, -0.1) is 21.5 Å². The Bertz CT molecular complexity index is 801. The molecule has 3 rings (SSSR count). The summed E-state index contributed by atoms with van der Waals surface area (Å²) in [6, 6.07) is 9.92. The predicted molar refractivity (Wildman–Crippen MR) is 97.2 cm³/mol. The van der Waals surface area contributed by atoms with E-state index < -0.39 is 0 Å². The summed E-state index contributed by atoms with van der Waals surface area (Å²) in [5.41, 5.74) is 1.01. The molecule has 0 aliphatic heterocycles. The molecule has 0 saturated carbocycles. The van der Waals surface area contributed by atoms with Gasteiger partial charge in [0.1, 0.15) is 0 Å². The third-order valence-corrected chi connectivity index (χ3v) is 5.15. The van der Waals surface area contributed by atoms with Gasteiger partial charge in [0.05, 0.1) is 5.25 Å². The first-order chi connectivity index (χ1) is 11.7. The Kier molecular flexibility index (Phi) is 5.27. The molecule has 0 radical (unpaired) electrons. The topological polar surface area (TPSA) is 72.7 Å². The van der Waals surface area contributed by atoms with Crippen LogP contribution in [0.3, 0.4) is 0 Å². The summed E-state index contributed by atoms with van der Waals surface area (Å²) in [4.78, 5) is 16.3. The Morgan fingerprint density at radius 2 is 2.12 bits per heavy atom. The zero-order valence-electron chi connectivity index (χ0n) is 13.3. The van der Waals surface area contributed by atoms with Gasteiger partial charge in [-0.2, -0.15) is 0 Å². The highest BCUT2D eigenvalue weighted by molar-refractivity contribution is 8.00. The maximum Gasteiger partial charge on any atom is 0.239 e. The van der Waals surface area contributed by atoms with E-state index in [0.29, 0.717) is 5.13 Å². The minimum Gasteiger partial charge on any atom is -0.302 e. The second kappa shape index (κ2) is 7.59. The lowest BCUT2D eigenvalue weighted by molar-refractivity contribution is -0.115. The Balaban J connectivity index is 1.75. The SMILES string of the molecule is CCn1c(S[C@@H](C)C(=O)Nc2nccs2)nnc1-c1ccccc1. The van der Waals surface area contributed by atoms with E-state index >= 15 is 0 Å². The molecular weight excluding hydrogens is 342 g/mol. The number of amides is 1. The Labute approximate surface area is 148 Å². The molecule has 24 heavy (non-hydrogen) atoms. The van der Waals surface area contributed by atoms with Crippen LogP contribution in [0.5, 0.6) is 0 Å². The van der Waals surface area contributed by atoms with E-state index in [0.717, 1.165) is 23.1 Å². The Morgan fingerprint density at radius 1 is 1.33 bits per heavy atom. The average molecular weight is 359 g/mol. The molecule has 0 saturated heterocycles. The third-order valence-electron chi connectivity index (χ3n) is 3.38. The van der Waals surface area contributed by atoms with E-state index in [2.05, 4.69) is 20.5 Å². The van der Waals surface area contributed by atoms with E-state index in [1.54, 1.807) is 6.20 Å². The molecule has 1 atom stereocenters. The zero-order chi connectivity index (χ0) is 16.9. The van der Waals surface area contributed by atoms with Crippen LogP contribution in [0.1, 0.15) is 13.8 Å². The molecule has 0 aliphatic rings. The average Bonchev–Trinajstić information content (AvgIpc) is 3.25. The summed E-state index contributed by atoms with van der Waals surface area (Å²) < 4.78 is 2.02. The van der Waals surface area contributed by atoms with E-state index in [1.807, 2.05) is 54.1 Å². The molecule has 8 heteroatoms. The number of hydrogen-bond donors (Lipinski definition) is 1. The molecule has 1 N–H and O–H groups in total. The monoisotopic (exact) mass is 359 g/mol. The standard InChI is InChI=1S/C16H17N5OS2/c1-3-21-13(12-7-5-4-6-8-12)19-20-16(21)24-11(2)14(22)18-15-17-9-10-23-15/h4-11H,3H2,1-2H3,(H,17,18,22)/t11-/m0/s1. The first-order valence-electron chi connectivity index (χ1n) is 7.54. The van der Waals surface area contributed by atoms with Crippen molar-refractivity contribution in [2.45, 2.75) is 30.8 Å². The fourth-order valence-electron chi connectivity index (χ4n) is 2.17. The van der Waals surface area contributed by atoms with Crippen molar-refractivity contribution >= 4 is 34.1 Å². The van der Waals surface area contributed by atoms with Gasteiger partial charge in [-0.1, -0.05) is 42.1 Å². The molecule has 1 aromatic carbocycles. The van der Waals surface area contributed by atoms with Crippen molar-refractivity contribution in [2.75, 3.05) is 5.32 Å². The van der Waals surface area contributed by atoms with Crippen LogP contribution in [0.25, 0.3) is 11.4 Å². The lowest BCUT2D eigenvalue weighted by Gasteiger charge is -2.11. The number of benzene rings is 1. The van der Waals surface area contributed by atoms with E-state index in [9.17, 15) is 4.79 Å². The van der Waals surface area contributed by atoms with Crippen LogP contribution in [0, 0.1) is 0 Å². The van der Waals surface area contributed by atoms with Crippen LogP contribution < -0.4 is 5.32 Å². The van der Waals surface area contributed by atoms with Crippen LogP contribution in [-0.4, -0.2) is 30.9 Å². The molecule has 0 fully saturated rings. The van der Waals surface area contributed by atoms with Gasteiger partial charge in [0.15, 0.2) is 16.1 Å². The van der Waals surface area contributed by atoms with Crippen LogP contribution in [-0.2, 0) is 11.3 Å². The molecule has 2 heterocycles. The van der Waals surface area contributed by atoms with Crippen LogP contribution >= 0.6 is 23.1 Å². The van der Waals surface area contributed by atoms with Gasteiger partial charge in [-0.3, -0.25) is 4.79 Å². The molecule has 124 valence electrons. The number of carbonyl (C=O) groups excluding carboxylic acids is 1. The summed E-state index contributed by atoms with van der Waals surface area (Å²) in [5, 5.41) is 14.2. The largest absolute Gasteiger partial charge is 0.302 e. The summed E-state index contributed by atoms with van der Waals surface area (Å²) in [6.45, 7) is 4.63. The zero-order valence-corrected chi connectivity index (χ0v) is 15.0.